The number of aromatic nitrogens is 4. The topological polar surface area (TPSA) is 43.6 Å². The van der Waals surface area contributed by atoms with E-state index in [9.17, 15) is 0 Å². The summed E-state index contributed by atoms with van der Waals surface area (Å²) in [5.74, 6) is 0. The van der Waals surface area contributed by atoms with Gasteiger partial charge in [0.25, 0.3) is 0 Å². The van der Waals surface area contributed by atoms with Gasteiger partial charge in [0.05, 0.1) is 11.4 Å². The second kappa shape index (κ2) is 3.57. The van der Waals surface area contributed by atoms with Gasteiger partial charge >= 0.3 is 0 Å². The molecule has 0 atom stereocenters. The van der Waals surface area contributed by atoms with Crippen LogP contribution in [0.25, 0.3) is 11.4 Å². The Hall–Kier alpha value is -1.71. The first kappa shape index (κ1) is 8.87. The Morgan fingerprint density at radius 2 is 2.21 bits per heavy atom. The van der Waals surface area contributed by atoms with Crippen molar-refractivity contribution < 1.29 is 0 Å². The highest BCUT2D eigenvalue weighted by atomic mass is 15.3. The molecule has 2 rings (SSSR count). The van der Waals surface area contributed by atoms with Crippen molar-refractivity contribution in [2.45, 2.75) is 13.3 Å². The molecule has 4 nitrogen and oxygen atoms in total. The van der Waals surface area contributed by atoms with E-state index in [1.165, 1.54) is 0 Å². The summed E-state index contributed by atoms with van der Waals surface area (Å²) in [6.07, 6.45) is 4.29. The molecule has 2 aromatic rings. The molecule has 0 unspecified atom stereocenters. The van der Waals surface area contributed by atoms with Crippen molar-refractivity contribution in [1.82, 2.24) is 19.7 Å². The monoisotopic (exact) mass is 188 g/mol. The van der Waals surface area contributed by atoms with E-state index >= 15 is 0 Å². The molecule has 2 heterocycles. The van der Waals surface area contributed by atoms with E-state index in [0.29, 0.717) is 0 Å². The first-order chi connectivity index (χ1) is 6.81. The number of hydrogen-bond donors (Lipinski definition) is 0. The zero-order valence-corrected chi connectivity index (χ0v) is 8.31. The Morgan fingerprint density at radius 3 is 2.86 bits per heavy atom. The minimum absolute atomic E-state index is 0.924. The Bertz CT molecular complexity index is 433. The van der Waals surface area contributed by atoms with Gasteiger partial charge in [0.15, 0.2) is 0 Å². The van der Waals surface area contributed by atoms with Gasteiger partial charge in [0, 0.05) is 18.9 Å². The second-order valence-corrected chi connectivity index (χ2v) is 3.09. The van der Waals surface area contributed by atoms with Crippen LogP contribution < -0.4 is 0 Å². The van der Waals surface area contributed by atoms with Gasteiger partial charge < -0.3 is 0 Å². The van der Waals surface area contributed by atoms with E-state index in [-0.39, 0.29) is 0 Å². The predicted molar refractivity (Wildman–Crippen MR) is 53.6 cm³/mol. The highest BCUT2D eigenvalue weighted by molar-refractivity contribution is 5.53. The van der Waals surface area contributed by atoms with Gasteiger partial charge in [-0.05, 0) is 18.6 Å². The molecular formula is C10H12N4. The minimum atomic E-state index is 0.924. The van der Waals surface area contributed by atoms with Crippen LogP contribution in [0.15, 0.2) is 24.7 Å². The molecule has 0 aliphatic carbocycles. The van der Waals surface area contributed by atoms with Crippen LogP contribution in [-0.2, 0) is 13.5 Å². The van der Waals surface area contributed by atoms with Gasteiger partial charge in [0.1, 0.15) is 6.33 Å². The fourth-order valence-corrected chi connectivity index (χ4v) is 1.36. The third kappa shape index (κ3) is 1.51. The molecule has 0 amide bonds. The first-order valence-electron chi connectivity index (χ1n) is 4.60. The summed E-state index contributed by atoms with van der Waals surface area (Å²) < 4.78 is 1.81. The molecule has 4 heteroatoms. The van der Waals surface area contributed by atoms with Crippen molar-refractivity contribution in [3.8, 4) is 11.4 Å². The molecule has 0 aromatic carbocycles. The summed E-state index contributed by atoms with van der Waals surface area (Å²) in [4.78, 5) is 8.38. The Kier molecular flexibility index (Phi) is 2.26. The van der Waals surface area contributed by atoms with Crippen LogP contribution in [0.5, 0.6) is 0 Å². The Labute approximate surface area is 82.6 Å². The number of nitrogens with zero attached hydrogens (tertiary/aromatic N) is 4. The lowest BCUT2D eigenvalue weighted by Gasteiger charge is -2.01. The SMILES string of the molecule is CCc1cc(-c2ccnn2C)ncn1. The smallest absolute Gasteiger partial charge is 0.116 e. The summed E-state index contributed by atoms with van der Waals surface area (Å²) in [5.41, 5.74) is 3.00. The average molecular weight is 188 g/mol. The summed E-state index contributed by atoms with van der Waals surface area (Å²) in [6.45, 7) is 2.08. The lowest BCUT2D eigenvalue weighted by molar-refractivity contribution is 0.772. The van der Waals surface area contributed by atoms with Gasteiger partial charge in [0.2, 0.25) is 0 Å². The minimum Gasteiger partial charge on any atom is -0.266 e. The Balaban J connectivity index is 2.47. The molecule has 0 saturated carbocycles. The van der Waals surface area contributed by atoms with Crippen LogP contribution >= 0.6 is 0 Å². The summed E-state index contributed by atoms with van der Waals surface area (Å²) in [6, 6.07) is 3.94. The van der Waals surface area contributed by atoms with Gasteiger partial charge in [-0.15, -0.1) is 0 Å². The molecule has 0 bridgehead atoms. The van der Waals surface area contributed by atoms with E-state index in [1.54, 1.807) is 12.5 Å². The maximum atomic E-state index is 4.22. The van der Waals surface area contributed by atoms with Crippen molar-refractivity contribution in [2.75, 3.05) is 0 Å². The number of aryl methyl sites for hydroxylation is 2. The largest absolute Gasteiger partial charge is 0.266 e. The third-order valence-corrected chi connectivity index (χ3v) is 2.17. The van der Waals surface area contributed by atoms with Crippen molar-refractivity contribution in [2.24, 2.45) is 7.05 Å². The highest BCUT2D eigenvalue weighted by Crippen LogP contribution is 2.15. The average Bonchev–Trinajstić information content (AvgIpc) is 2.65. The zero-order valence-electron chi connectivity index (χ0n) is 8.31. The molecular weight excluding hydrogens is 176 g/mol. The van der Waals surface area contributed by atoms with Crippen LogP contribution in [0.2, 0.25) is 0 Å². The quantitative estimate of drug-likeness (QED) is 0.716. The van der Waals surface area contributed by atoms with Crippen molar-refractivity contribution in [3.05, 3.63) is 30.4 Å². The molecule has 0 spiro atoms. The van der Waals surface area contributed by atoms with E-state index in [0.717, 1.165) is 23.5 Å². The molecule has 0 aliphatic heterocycles. The number of hydrogen-bond acceptors (Lipinski definition) is 3. The van der Waals surface area contributed by atoms with Crippen LogP contribution in [0.4, 0.5) is 0 Å². The van der Waals surface area contributed by atoms with Gasteiger partial charge in [-0.1, -0.05) is 6.92 Å². The molecule has 14 heavy (non-hydrogen) atoms. The van der Waals surface area contributed by atoms with Crippen molar-refractivity contribution in [1.29, 1.82) is 0 Å². The van der Waals surface area contributed by atoms with Crippen LogP contribution in [0, 0.1) is 0 Å². The van der Waals surface area contributed by atoms with Gasteiger partial charge in [-0.3, -0.25) is 4.68 Å². The number of rotatable bonds is 2. The first-order valence-corrected chi connectivity index (χ1v) is 4.60. The van der Waals surface area contributed by atoms with Crippen molar-refractivity contribution >= 4 is 0 Å². The van der Waals surface area contributed by atoms with Gasteiger partial charge in [-0.2, -0.15) is 5.10 Å². The standard InChI is InChI=1S/C10H12N4/c1-3-8-6-9(12-7-11-8)10-4-5-13-14(10)2/h4-7H,3H2,1-2H3. The fourth-order valence-electron chi connectivity index (χ4n) is 1.36. The molecule has 0 saturated heterocycles. The normalized spacial score (nSPS) is 10.4. The fraction of sp³-hybridized carbons (Fsp3) is 0.300. The second-order valence-electron chi connectivity index (χ2n) is 3.09. The molecule has 0 fully saturated rings. The van der Waals surface area contributed by atoms with E-state index in [2.05, 4.69) is 22.0 Å². The van der Waals surface area contributed by atoms with E-state index in [1.807, 2.05) is 23.9 Å². The van der Waals surface area contributed by atoms with Crippen molar-refractivity contribution in [3.63, 3.8) is 0 Å². The molecule has 0 aliphatic rings. The van der Waals surface area contributed by atoms with Crippen LogP contribution in [0.3, 0.4) is 0 Å². The Morgan fingerprint density at radius 1 is 1.36 bits per heavy atom. The maximum absolute atomic E-state index is 4.22. The van der Waals surface area contributed by atoms with E-state index < -0.39 is 0 Å². The van der Waals surface area contributed by atoms with E-state index in [4.69, 9.17) is 0 Å². The molecule has 0 N–H and O–H groups in total. The van der Waals surface area contributed by atoms with Gasteiger partial charge in [-0.25, -0.2) is 9.97 Å². The van der Waals surface area contributed by atoms with Crippen LogP contribution in [-0.4, -0.2) is 19.7 Å². The molecule has 72 valence electrons. The zero-order chi connectivity index (χ0) is 9.97. The summed E-state index contributed by atoms with van der Waals surface area (Å²) in [5, 5.41) is 4.10. The lowest BCUT2D eigenvalue weighted by Crippen LogP contribution is -1.97. The van der Waals surface area contributed by atoms with Crippen LogP contribution in [0.1, 0.15) is 12.6 Å². The molecule has 0 radical (unpaired) electrons. The molecule has 2 aromatic heterocycles. The lowest BCUT2D eigenvalue weighted by atomic mass is 10.2. The summed E-state index contributed by atoms with van der Waals surface area (Å²) >= 11 is 0. The summed E-state index contributed by atoms with van der Waals surface area (Å²) in [7, 11) is 1.91. The highest BCUT2D eigenvalue weighted by Gasteiger charge is 2.04. The maximum Gasteiger partial charge on any atom is 0.116 e. The third-order valence-electron chi connectivity index (χ3n) is 2.17. The predicted octanol–water partition coefficient (Wildman–Crippen LogP) is 1.44.